The molecule has 0 bridgehead atoms. The van der Waals surface area contributed by atoms with E-state index >= 15 is 0 Å². The standard InChI is InChI=1S/C29H27F5N4O/c1-17-5-6-20-14-21(18-7-9-19(10-8-18)22-15-35-13-11-23(22)29(32,33)34)27(39)38(26(20)37-17)16-25-24(28(2,30)31)4-3-12-36-25/h3-6,11-15,18-19H,7-10,16H2,1-2H3/t18-,19-. The Kier molecular flexibility index (Phi) is 6.99. The van der Waals surface area contributed by atoms with E-state index in [1.807, 2.05) is 12.1 Å². The van der Waals surface area contributed by atoms with Crippen LogP contribution in [0, 0.1) is 6.92 Å². The molecule has 0 radical (unpaired) electrons. The van der Waals surface area contributed by atoms with Gasteiger partial charge in [-0.2, -0.15) is 13.2 Å². The van der Waals surface area contributed by atoms with E-state index in [1.54, 1.807) is 13.0 Å². The number of alkyl halides is 5. The molecule has 1 saturated carbocycles. The van der Waals surface area contributed by atoms with Crippen molar-refractivity contribution in [3.63, 3.8) is 0 Å². The molecule has 5 nitrogen and oxygen atoms in total. The van der Waals surface area contributed by atoms with E-state index in [2.05, 4.69) is 15.0 Å². The lowest BCUT2D eigenvalue weighted by Crippen LogP contribution is -2.29. The third-order valence-electron chi connectivity index (χ3n) is 7.54. The summed E-state index contributed by atoms with van der Waals surface area (Å²) in [5.41, 5.74) is 0.527. The number of hydrogen-bond acceptors (Lipinski definition) is 4. The monoisotopic (exact) mass is 542 g/mol. The molecule has 4 aromatic heterocycles. The lowest BCUT2D eigenvalue weighted by Gasteiger charge is -2.30. The van der Waals surface area contributed by atoms with Gasteiger partial charge in [0.25, 0.3) is 11.5 Å². The minimum absolute atomic E-state index is 0.0776. The van der Waals surface area contributed by atoms with Crippen LogP contribution in [0.5, 0.6) is 0 Å². The molecule has 0 amide bonds. The zero-order valence-corrected chi connectivity index (χ0v) is 21.5. The first-order chi connectivity index (χ1) is 18.4. The quantitative estimate of drug-likeness (QED) is 0.252. The molecule has 10 heteroatoms. The van der Waals surface area contributed by atoms with Crippen molar-refractivity contribution in [2.75, 3.05) is 0 Å². The summed E-state index contributed by atoms with van der Waals surface area (Å²) in [5.74, 6) is -3.65. The minimum Gasteiger partial charge on any atom is -0.286 e. The zero-order chi connectivity index (χ0) is 27.9. The van der Waals surface area contributed by atoms with Crippen molar-refractivity contribution in [1.82, 2.24) is 19.5 Å². The summed E-state index contributed by atoms with van der Waals surface area (Å²) in [5, 5.41) is 0.685. The molecule has 4 heterocycles. The molecule has 1 fully saturated rings. The normalized spacial score (nSPS) is 18.4. The van der Waals surface area contributed by atoms with Crippen molar-refractivity contribution in [2.45, 2.75) is 70.0 Å². The highest BCUT2D eigenvalue weighted by atomic mass is 19.4. The Labute approximate surface area is 221 Å². The molecule has 0 spiro atoms. The van der Waals surface area contributed by atoms with Gasteiger partial charge in [0.15, 0.2) is 0 Å². The summed E-state index contributed by atoms with van der Waals surface area (Å²) < 4.78 is 70.8. The number of hydrogen-bond donors (Lipinski definition) is 0. The molecule has 1 aliphatic rings. The summed E-state index contributed by atoms with van der Waals surface area (Å²) >= 11 is 0. The van der Waals surface area contributed by atoms with Crippen LogP contribution in [0.2, 0.25) is 0 Å². The molecule has 1 aliphatic carbocycles. The van der Waals surface area contributed by atoms with Gasteiger partial charge in [-0.05, 0) is 86.4 Å². The second-order valence-electron chi connectivity index (χ2n) is 10.3. The summed E-state index contributed by atoms with van der Waals surface area (Å²) in [6.45, 7) is 2.39. The third kappa shape index (κ3) is 5.42. The Morgan fingerprint density at radius 1 is 0.923 bits per heavy atom. The maximum Gasteiger partial charge on any atom is 0.416 e. The van der Waals surface area contributed by atoms with E-state index in [4.69, 9.17) is 0 Å². The predicted octanol–water partition coefficient (Wildman–Crippen LogP) is 7.12. The maximum atomic E-state index is 14.3. The fourth-order valence-electron chi connectivity index (χ4n) is 5.62. The highest BCUT2D eigenvalue weighted by Gasteiger charge is 2.37. The molecular weight excluding hydrogens is 515 g/mol. The van der Waals surface area contributed by atoms with Gasteiger partial charge in [-0.1, -0.05) is 0 Å². The summed E-state index contributed by atoms with van der Waals surface area (Å²) in [4.78, 5) is 26.5. The first kappa shape index (κ1) is 26.9. The fraction of sp³-hybridized carbons (Fsp3) is 0.379. The van der Waals surface area contributed by atoms with Crippen LogP contribution in [0.1, 0.15) is 78.1 Å². The second kappa shape index (κ2) is 10.1. The molecule has 204 valence electrons. The number of nitrogens with zero attached hydrogens (tertiary/aromatic N) is 4. The highest BCUT2D eigenvalue weighted by Crippen LogP contribution is 2.44. The van der Waals surface area contributed by atoms with Crippen molar-refractivity contribution < 1.29 is 22.0 Å². The van der Waals surface area contributed by atoms with Crippen LogP contribution in [0.25, 0.3) is 11.0 Å². The van der Waals surface area contributed by atoms with E-state index in [9.17, 15) is 26.7 Å². The number of fused-ring (bicyclic) bond motifs is 1. The summed E-state index contributed by atoms with van der Waals surface area (Å²) in [7, 11) is 0. The molecule has 39 heavy (non-hydrogen) atoms. The van der Waals surface area contributed by atoms with Crippen molar-refractivity contribution in [3.05, 3.63) is 99.0 Å². The number of aryl methyl sites for hydroxylation is 1. The summed E-state index contributed by atoms with van der Waals surface area (Å²) in [6, 6.07) is 9.16. The molecular formula is C29H27F5N4O. The van der Waals surface area contributed by atoms with Crippen LogP contribution in [-0.2, 0) is 18.6 Å². The molecule has 0 unspecified atom stereocenters. The first-order valence-corrected chi connectivity index (χ1v) is 12.8. The van der Waals surface area contributed by atoms with Crippen LogP contribution in [0.15, 0.2) is 59.8 Å². The van der Waals surface area contributed by atoms with E-state index in [-0.39, 0.29) is 40.8 Å². The molecule has 0 aliphatic heterocycles. The molecule has 0 saturated heterocycles. The second-order valence-corrected chi connectivity index (χ2v) is 10.3. The van der Waals surface area contributed by atoms with Crippen LogP contribution >= 0.6 is 0 Å². The fourth-order valence-corrected chi connectivity index (χ4v) is 5.62. The van der Waals surface area contributed by atoms with Crippen LogP contribution < -0.4 is 5.56 Å². The van der Waals surface area contributed by atoms with Crippen LogP contribution in [-0.4, -0.2) is 19.5 Å². The first-order valence-electron chi connectivity index (χ1n) is 12.8. The van der Waals surface area contributed by atoms with E-state index in [0.717, 1.165) is 19.2 Å². The van der Waals surface area contributed by atoms with Gasteiger partial charge in [0, 0.05) is 47.7 Å². The number of pyridine rings is 4. The number of halogens is 5. The molecule has 5 rings (SSSR count). The number of aromatic nitrogens is 4. The maximum absolute atomic E-state index is 14.3. The SMILES string of the molecule is Cc1ccc2cc([C@H]3CC[C@H](c4cnccc4C(F)(F)F)CC3)c(=O)n(Cc3ncccc3C(C)(F)F)c2n1. The van der Waals surface area contributed by atoms with Gasteiger partial charge in [-0.3, -0.25) is 19.3 Å². The number of rotatable bonds is 5. The average Bonchev–Trinajstić information content (AvgIpc) is 2.90. The van der Waals surface area contributed by atoms with Crippen molar-refractivity contribution in [3.8, 4) is 0 Å². The zero-order valence-electron chi connectivity index (χ0n) is 21.5. The molecule has 0 aromatic carbocycles. The van der Waals surface area contributed by atoms with Gasteiger partial charge in [0.2, 0.25) is 0 Å². The molecule has 4 aromatic rings. The Balaban J connectivity index is 1.51. The van der Waals surface area contributed by atoms with Crippen molar-refractivity contribution in [2.24, 2.45) is 0 Å². The van der Waals surface area contributed by atoms with E-state index < -0.39 is 17.7 Å². The van der Waals surface area contributed by atoms with Gasteiger partial charge >= 0.3 is 6.18 Å². The van der Waals surface area contributed by atoms with Gasteiger partial charge in [0.05, 0.1) is 17.8 Å². The Hall–Kier alpha value is -3.69. The molecule has 0 atom stereocenters. The minimum atomic E-state index is -4.47. The highest BCUT2D eigenvalue weighted by molar-refractivity contribution is 5.76. The smallest absolute Gasteiger partial charge is 0.286 e. The van der Waals surface area contributed by atoms with Crippen molar-refractivity contribution in [1.29, 1.82) is 0 Å². The van der Waals surface area contributed by atoms with Crippen LogP contribution in [0.4, 0.5) is 22.0 Å². The van der Waals surface area contributed by atoms with Gasteiger partial charge in [-0.25, -0.2) is 13.8 Å². The third-order valence-corrected chi connectivity index (χ3v) is 7.54. The van der Waals surface area contributed by atoms with Gasteiger partial charge in [0.1, 0.15) is 5.65 Å². The van der Waals surface area contributed by atoms with Gasteiger partial charge < -0.3 is 0 Å². The van der Waals surface area contributed by atoms with E-state index in [0.29, 0.717) is 48.0 Å². The lowest BCUT2D eigenvalue weighted by molar-refractivity contribution is -0.138. The Bertz CT molecular complexity index is 1570. The van der Waals surface area contributed by atoms with Crippen molar-refractivity contribution >= 4 is 11.0 Å². The van der Waals surface area contributed by atoms with Gasteiger partial charge in [-0.15, -0.1) is 0 Å². The Morgan fingerprint density at radius 2 is 1.62 bits per heavy atom. The average molecular weight is 543 g/mol. The predicted molar refractivity (Wildman–Crippen MR) is 137 cm³/mol. The largest absolute Gasteiger partial charge is 0.416 e. The summed E-state index contributed by atoms with van der Waals surface area (Å²) in [6.07, 6.45) is 1.34. The van der Waals surface area contributed by atoms with Crippen LogP contribution in [0.3, 0.4) is 0 Å². The van der Waals surface area contributed by atoms with E-state index in [1.165, 1.54) is 29.1 Å². The molecule has 0 N–H and O–H groups in total. The lowest BCUT2D eigenvalue weighted by atomic mass is 9.75. The topological polar surface area (TPSA) is 60.7 Å². The Morgan fingerprint density at radius 3 is 2.28 bits per heavy atom.